The van der Waals surface area contributed by atoms with Gasteiger partial charge in [-0.15, -0.1) is 0 Å². The van der Waals surface area contributed by atoms with Crippen LogP contribution in [0.5, 0.6) is 0 Å². The monoisotopic (exact) mass is 129 g/mol. The zero-order valence-electron chi connectivity index (χ0n) is 5.49. The maximum absolute atomic E-state index is 4.69. The van der Waals surface area contributed by atoms with Crippen LogP contribution in [-0.4, -0.2) is 12.4 Å². The Morgan fingerprint density at radius 2 is 2.00 bits per heavy atom. The average molecular weight is 129 g/mol. The van der Waals surface area contributed by atoms with E-state index in [1.807, 2.05) is 20.9 Å². The molecule has 0 fully saturated rings. The van der Waals surface area contributed by atoms with Gasteiger partial charge in [0, 0.05) is 18.1 Å². The smallest absolute Gasteiger partial charge is 0.0110 e. The standard InChI is InChI=1S/C6H11NS/c1-5(4-8)6(2)7-3/h4,7H,1-3H3/b6-5+. The highest BCUT2D eigenvalue weighted by Crippen LogP contribution is 1.93. The highest BCUT2D eigenvalue weighted by Gasteiger charge is 1.85. The minimum atomic E-state index is 1.13. The third kappa shape index (κ3) is 2.07. The predicted octanol–water partition coefficient (Wildman–Crippen LogP) is 1.50. The molecule has 8 heavy (non-hydrogen) atoms. The summed E-state index contributed by atoms with van der Waals surface area (Å²) in [6, 6.07) is 0. The molecule has 0 amide bonds. The van der Waals surface area contributed by atoms with E-state index in [0.29, 0.717) is 0 Å². The van der Waals surface area contributed by atoms with Crippen LogP contribution in [-0.2, 0) is 0 Å². The fourth-order valence-corrected chi connectivity index (χ4v) is 0.462. The fraction of sp³-hybridized carbons (Fsp3) is 0.500. The van der Waals surface area contributed by atoms with Crippen molar-refractivity contribution >= 4 is 17.6 Å². The van der Waals surface area contributed by atoms with E-state index < -0.39 is 0 Å². The lowest BCUT2D eigenvalue weighted by atomic mass is 10.3. The lowest BCUT2D eigenvalue weighted by Gasteiger charge is -1.99. The van der Waals surface area contributed by atoms with E-state index >= 15 is 0 Å². The summed E-state index contributed by atoms with van der Waals surface area (Å²) in [6.07, 6.45) is 0. The Bertz CT molecular complexity index is 116. The van der Waals surface area contributed by atoms with E-state index in [1.54, 1.807) is 5.37 Å². The molecule has 0 aromatic carbocycles. The van der Waals surface area contributed by atoms with Gasteiger partial charge in [0.05, 0.1) is 0 Å². The summed E-state index contributed by atoms with van der Waals surface area (Å²) in [7, 11) is 1.89. The average Bonchev–Trinajstić information content (AvgIpc) is 1.84. The number of hydrogen-bond acceptors (Lipinski definition) is 2. The van der Waals surface area contributed by atoms with Crippen molar-refractivity contribution in [2.45, 2.75) is 13.8 Å². The number of nitrogens with one attached hydrogen (secondary N) is 1. The lowest BCUT2D eigenvalue weighted by molar-refractivity contribution is 0.976. The van der Waals surface area contributed by atoms with Crippen molar-refractivity contribution in [3.63, 3.8) is 0 Å². The van der Waals surface area contributed by atoms with E-state index in [9.17, 15) is 0 Å². The zero-order chi connectivity index (χ0) is 6.57. The Kier molecular flexibility index (Phi) is 3.44. The summed E-state index contributed by atoms with van der Waals surface area (Å²) in [5.74, 6) is 0. The minimum Gasteiger partial charge on any atom is -0.391 e. The first-order valence-corrected chi connectivity index (χ1v) is 3.00. The van der Waals surface area contributed by atoms with Crippen LogP contribution in [0, 0.1) is 0 Å². The van der Waals surface area contributed by atoms with Crippen LogP contribution in [0.1, 0.15) is 13.8 Å². The van der Waals surface area contributed by atoms with Crippen molar-refractivity contribution in [1.82, 2.24) is 5.32 Å². The lowest BCUT2D eigenvalue weighted by Crippen LogP contribution is -2.04. The molecule has 0 heterocycles. The maximum atomic E-state index is 4.69. The molecule has 1 N–H and O–H groups in total. The topological polar surface area (TPSA) is 12.0 Å². The van der Waals surface area contributed by atoms with Crippen LogP contribution in [0.3, 0.4) is 0 Å². The first-order chi connectivity index (χ1) is 3.72. The summed E-state index contributed by atoms with van der Waals surface area (Å²) >= 11 is 4.69. The van der Waals surface area contributed by atoms with E-state index in [2.05, 4.69) is 5.32 Å². The molecule has 0 spiro atoms. The van der Waals surface area contributed by atoms with Crippen LogP contribution in [0.15, 0.2) is 11.3 Å². The molecule has 0 aliphatic rings. The molecule has 0 aromatic heterocycles. The summed E-state index contributed by atoms with van der Waals surface area (Å²) in [5, 5.41) is 4.67. The zero-order valence-corrected chi connectivity index (χ0v) is 6.30. The van der Waals surface area contributed by atoms with Gasteiger partial charge in [-0.3, -0.25) is 0 Å². The van der Waals surface area contributed by atoms with Crippen LogP contribution >= 0.6 is 12.2 Å². The highest BCUT2D eigenvalue weighted by atomic mass is 32.1. The number of thiocarbonyl (C=S) groups is 1. The highest BCUT2D eigenvalue weighted by molar-refractivity contribution is 7.79. The van der Waals surface area contributed by atoms with Crippen LogP contribution < -0.4 is 5.32 Å². The van der Waals surface area contributed by atoms with Crippen molar-refractivity contribution in [2.75, 3.05) is 7.05 Å². The maximum Gasteiger partial charge on any atom is 0.0110 e. The van der Waals surface area contributed by atoms with E-state index in [4.69, 9.17) is 12.2 Å². The van der Waals surface area contributed by atoms with Crippen molar-refractivity contribution < 1.29 is 0 Å². The summed E-state index contributed by atoms with van der Waals surface area (Å²) in [6.45, 7) is 3.98. The van der Waals surface area contributed by atoms with Crippen LogP contribution in [0.25, 0.3) is 0 Å². The van der Waals surface area contributed by atoms with Gasteiger partial charge in [-0.25, -0.2) is 0 Å². The number of allylic oxidation sites excluding steroid dienone is 2. The van der Waals surface area contributed by atoms with Crippen molar-refractivity contribution in [2.24, 2.45) is 0 Å². The molecule has 1 nitrogen and oxygen atoms in total. The van der Waals surface area contributed by atoms with E-state index in [1.165, 1.54) is 0 Å². The van der Waals surface area contributed by atoms with Crippen molar-refractivity contribution in [3.8, 4) is 0 Å². The molecular weight excluding hydrogens is 118 g/mol. The largest absolute Gasteiger partial charge is 0.391 e. The van der Waals surface area contributed by atoms with Gasteiger partial charge in [-0.05, 0) is 19.4 Å². The molecule has 0 aliphatic carbocycles. The summed E-state index contributed by atoms with van der Waals surface area (Å²) in [4.78, 5) is 0. The third-order valence-corrected chi connectivity index (χ3v) is 1.50. The molecule has 0 saturated heterocycles. The van der Waals surface area contributed by atoms with Crippen molar-refractivity contribution in [3.05, 3.63) is 11.3 Å². The normalized spacial score (nSPS) is 12.4. The summed E-state index contributed by atoms with van der Waals surface area (Å²) in [5.41, 5.74) is 2.27. The molecule has 46 valence electrons. The van der Waals surface area contributed by atoms with Crippen LogP contribution in [0.4, 0.5) is 0 Å². The van der Waals surface area contributed by atoms with Crippen LogP contribution in [0.2, 0.25) is 0 Å². The first-order valence-electron chi connectivity index (χ1n) is 2.52. The van der Waals surface area contributed by atoms with Gasteiger partial charge in [-0.1, -0.05) is 12.2 Å². The SMILES string of the molecule is CN/C(C)=C(\C)C=S. The second-order valence-corrected chi connectivity index (χ2v) is 1.91. The van der Waals surface area contributed by atoms with Gasteiger partial charge in [0.2, 0.25) is 0 Å². The van der Waals surface area contributed by atoms with Gasteiger partial charge in [0.15, 0.2) is 0 Å². The Morgan fingerprint density at radius 3 is 2.12 bits per heavy atom. The first kappa shape index (κ1) is 7.63. The second kappa shape index (κ2) is 3.61. The molecule has 0 radical (unpaired) electrons. The van der Waals surface area contributed by atoms with Gasteiger partial charge >= 0.3 is 0 Å². The number of hydrogen-bond donors (Lipinski definition) is 1. The Morgan fingerprint density at radius 1 is 1.50 bits per heavy atom. The van der Waals surface area contributed by atoms with Gasteiger partial charge in [-0.2, -0.15) is 0 Å². The molecule has 0 saturated carbocycles. The molecule has 0 aromatic rings. The quantitative estimate of drug-likeness (QED) is 0.448. The van der Waals surface area contributed by atoms with E-state index in [0.717, 1.165) is 11.3 Å². The van der Waals surface area contributed by atoms with E-state index in [-0.39, 0.29) is 0 Å². The Balaban J connectivity index is 4.03. The minimum absolute atomic E-state index is 1.13. The molecule has 0 atom stereocenters. The Labute approximate surface area is 55.8 Å². The second-order valence-electron chi connectivity index (χ2n) is 1.68. The molecule has 0 aliphatic heterocycles. The van der Waals surface area contributed by atoms with Gasteiger partial charge < -0.3 is 5.32 Å². The molecule has 2 heteroatoms. The van der Waals surface area contributed by atoms with Gasteiger partial charge in [0.25, 0.3) is 0 Å². The molecular formula is C6H11NS. The number of rotatable bonds is 2. The van der Waals surface area contributed by atoms with Crippen molar-refractivity contribution in [1.29, 1.82) is 0 Å². The predicted molar refractivity (Wildman–Crippen MR) is 41.1 cm³/mol. The molecule has 0 rings (SSSR count). The molecule has 0 bridgehead atoms. The molecule has 0 unspecified atom stereocenters. The summed E-state index contributed by atoms with van der Waals surface area (Å²) < 4.78 is 0. The Hall–Kier alpha value is -0.370. The fourth-order valence-electron chi connectivity index (χ4n) is 0.286. The third-order valence-electron chi connectivity index (χ3n) is 1.14. The van der Waals surface area contributed by atoms with Gasteiger partial charge in [0.1, 0.15) is 0 Å².